The molecule has 21 heavy (non-hydrogen) atoms. The van der Waals surface area contributed by atoms with Crippen molar-refractivity contribution in [2.45, 2.75) is 44.8 Å². The Kier molecular flexibility index (Phi) is 7.01. The number of hydrogen-bond acceptors (Lipinski definition) is 4. The molecule has 0 saturated carbocycles. The van der Waals surface area contributed by atoms with Crippen LogP contribution in [0.4, 0.5) is 0 Å². The van der Waals surface area contributed by atoms with Crippen LogP contribution in [0, 0.1) is 0 Å². The molecule has 0 spiro atoms. The summed E-state index contributed by atoms with van der Waals surface area (Å²) < 4.78 is 26.5. The van der Waals surface area contributed by atoms with Crippen molar-refractivity contribution < 1.29 is 8.42 Å². The Balaban J connectivity index is 2.90. The zero-order valence-corrected chi connectivity index (χ0v) is 13.9. The van der Waals surface area contributed by atoms with Crippen molar-refractivity contribution >= 4 is 10.0 Å². The first-order chi connectivity index (χ1) is 9.93. The van der Waals surface area contributed by atoms with Crippen molar-refractivity contribution in [1.82, 2.24) is 14.6 Å². The highest BCUT2D eigenvalue weighted by Gasteiger charge is 2.26. The first kappa shape index (κ1) is 17.8. The Bertz CT molecular complexity index is 539. The van der Waals surface area contributed by atoms with Gasteiger partial charge in [-0.15, -0.1) is 6.58 Å². The molecule has 1 heterocycles. The number of nitrogens with one attached hydrogen (secondary N) is 1. The molecule has 1 aromatic heterocycles. The van der Waals surface area contributed by atoms with Crippen LogP contribution >= 0.6 is 0 Å². The summed E-state index contributed by atoms with van der Waals surface area (Å²) in [4.78, 5) is 4.11. The van der Waals surface area contributed by atoms with Crippen molar-refractivity contribution in [1.29, 1.82) is 0 Å². The van der Waals surface area contributed by atoms with Gasteiger partial charge < -0.3 is 5.32 Å². The third kappa shape index (κ3) is 4.91. The van der Waals surface area contributed by atoms with Crippen LogP contribution < -0.4 is 5.32 Å². The van der Waals surface area contributed by atoms with Gasteiger partial charge in [0.25, 0.3) is 10.0 Å². The van der Waals surface area contributed by atoms with Crippen LogP contribution in [0.25, 0.3) is 0 Å². The lowest BCUT2D eigenvalue weighted by molar-refractivity contribution is 0.381. The van der Waals surface area contributed by atoms with E-state index in [1.54, 1.807) is 24.4 Å². The molecule has 6 heteroatoms. The summed E-state index contributed by atoms with van der Waals surface area (Å²) >= 11 is 0. The van der Waals surface area contributed by atoms with Crippen molar-refractivity contribution in [2.24, 2.45) is 0 Å². The molecule has 0 bridgehead atoms. The zero-order chi connectivity index (χ0) is 15.9. The molecular formula is C15H25N3O2S. The van der Waals surface area contributed by atoms with E-state index in [9.17, 15) is 8.42 Å². The molecule has 0 unspecified atom stereocenters. The van der Waals surface area contributed by atoms with E-state index in [1.165, 1.54) is 4.31 Å². The molecule has 118 valence electrons. The quantitative estimate of drug-likeness (QED) is 0.561. The molecule has 5 nitrogen and oxygen atoms in total. The van der Waals surface area contributed by atoms with Gasteiger partial charge in [-0.1, -0.05) is 19.1 Å². The van der Waals surface area contributed by atoms with E-state index in [2.05, 4.69) is 23.8 Å². The van der Waals surface area contributed by atoms with Crippen LogP contribution in [-0.4, -0.2) is 36.8 Å². The number of hydrogen-bond donors (Lipinski definition) is 1. The highest BCUT2D eigenvalue weighted by atomic mass is 32.2. The first-order valence-corrected chi connectivity index (χ1v) is 8.65. The Morgan fingerprint density at radius 3 is 2.62 bits per heavy atom. The molecule has 0 radical (unpaired) electrons. The van der Waals surface area contributed by atoms with Gasteiger partial charge in [0.2, 0.25) is 0 Å². The van der Waals surface area contributed by atoms with Crippen molar-refractivity contribution in [3.63, 3.8) is 0 Å². The fourth-order valence-corrected chi connectivity index (χ4v) is 3.43. The molecule has 0 fully saturated rings. The standard InChI is InChI=1S/C15H25N3O2S/c1-5-9-16-11-14-7-8-15(17-12-14)21(19,20)18(10-6-2)13(3)4/h6-8,12-13,16H,2,5,9-11H2,1,3-4H3. The van der Waals surface area contributed by atoms with E-state index in [4.69, 9.17) is 0 Å². The second kappa shape index (κ2) is 8.26. The monoisotopic (exact) mass is 311 g/mol. The Morgan fingerprint density at radius 1 is 1.43 bits per heavy atom. The molecule has 0 saturated heterocycles. The van der Waals surface area contributed by atoms with Crippen molar-refractivity contribution in [3.8, 4) is 0 Å². The average molecular weight is 311 g/mol. The highest BCUT2D eigenvalue weighted by Crippen LogP contribution is 2.16. The molecule has 1 rings (SSSR count). The lowest BCUT2D eigenvalue weighted by Gasteiger charge is -2.24. The molecule has 0 aliphatic rings. The van der Waals surface area contributed by atoms with E-state index in [-0.39, 0.29) is 17.6 Å². The van der Waals surface area contributed by atoms with Crippen molar-refractivity contribution in [3.05, 3.63) is 36.5 Å². The molecular weight excluding hydrogens is 286 g/mol. The zero-order valence-electron chi connectivity index (χ0n) is 13.0. The maximum absolute atomic E-state index is 12.5. The van der Waals surface area contributed by atoms with Gasteiger partial charge in [0.15, 0.2) is 5.03 Å². The topological polar surface area (TPSA) is 62.3 Å². The van der Waals surface area contributed by atoms with E-state index >= 15 is 0 Å². The van der Waals surface area contributed by atoms with Crippen molar-refractivity contribution in [2.75, 3.05) is 13.1 Å². The summed E-state index contributed by atoms with van der Waals surface area (Å²) in [5.41, 5.74) is 0.974. The predicted molar refractivity (Wildman–Crippen MR) is 85.5 cm³/mol. The van der Waals surface area contributed by atoms with Crippen LogP contribution in [0.2, 0.25) is 0 Å². The van der Waals surface area contributed by atoms with Gasteiger partial charge in [-0.2, -0.15) is 4.31 Å². The van der Waals surface area contributed by atoms with Gasteiger partial charge in [0.1, 0.15) is 0 Å². The Morgan fingerprint density at radius 2 is 2.14 bits per heavy atom. The highest BCUT2D eigenvalue weighted by molar-refractivity contribution is 7.89. The molecule has 0 amide bonds. The van der Waals surface area contributed by atoms with Crippen LogP contribution in [-0.2, 0) is 16.6 Å². The average Bonchev–Trinajstić information content (AvgIpc) is 2.45. The number of rotatable bonds is 9. The number of nitrogens with zero attached hydrogens (tertiary/aromatic N) is 2. The fraction of sp³-hybridized carbons (Fsp3) is 0.533. The lowest BCUT2D eigenvalue weighted by atomic mass is 10.3. The maximum Gasteiger partial charge on any atom is 0.261 e. The Hall–Kier alpha value is -1.24. The van der Waals surface area contributed by atoms with Crippen LogP contribution in [0.3, 0.4) is 0 Å². The second-order valence-electron chi connectivity index (χ2n) is 5.14. The first-order valence-electron chi connectivity index (χ1n) is 7.21. The molecule has 0 aliphatic heterocycles. The Labute approximate surface area is 128 Å². The number of sulfonamides is 1. The van der Waals surface area contributed by atoms with Gasteiger partial charge in [-0.3, -0.25) is 0 Å². The molecule has 0 aromatic carbocycles. The van der Waals surface area contributed by atoms with E-state index in [0.717, 1.165) is 18.5 Å². The SMILES string of the molecule is C=CCN(C(C)C)S(=O)(=O)c1ccc(CNCCC)cn1. The van der Waals surface area contributed by atoms with Crippen LogP contribution in [0.1, 0.15) is 32.8 Å². The summed E-state index contributed by atoms with van der Waals surface area (Å²) in [6.45, 7) is 11.3. The minimum absolute atomic E-state index is 0.0808. The van der Waals surface area contributed by atoms with Crippen LogP contribution in [0.15, 0.2) is 36.0 Å². The van der Waals surface area contributed by atoms with Gasteiger partial charge in [0.05, 0.1) is 0 Å². The minimum Gasteiger partial charge on any atom is -0.313 e. The predicted octanol–water partition coefficient (Wildman–Crippen LogP) is 2.17. The lowest BCUT2D eigenvalue weighted by Crippen LogP contribution is -2.37. The summed E-state index contributed by atoms with van der Waals surface area (Å²) in [5, 5.41) is 3.34. The fourth-order valence-electron chi connectivity index (χ4n) is 1.91. The van der Waals surface area contributed by atoms with Gasteiger partial charge >= 0.3 is 0 Å². The van der Waals surface area contributed by atoms with E-state index in [1.807, 2.05) is 13.8 Å². The number of pyridine rings is 1. The van der Waals surface area contributed by atoms with Gasteiger partial charge in [0, 0.05) is 25.3 Å². The van der Waals surface area contributed by atoms with Crippen LogP contribution in [0.5, 0.6) is 0 Å². The smallest absolute Gasteiger partial charge is 0.261 e. The molecule has 0 atom stereocenters. The summed E-state index contributed by atoms with van der Waals surface area (Å²) in [7, 11) is -3.57. The number of aromatic nitrogens is 1. The van der Waals surface area contributed by atoms with Gasteiger partial charge in [-0.05, 0) is 38.4 Å². The minimum atomic E-state index is -3.57. The second-order valence-corrected chi connectivity index (χ2v) is 6.98. The summed E-state index contributed by atoms with van der Waals surface area (Å²) in [6.07, 6.45) is 4.26. The molecule has 1 aromatic rings. The molecule has 1 N–H and O–H groups in total. The normalized spacial score (nSPS) is 12.0. The third-order valence-electron chi connectivity index (χ3n) is 3.01. The maximum atomic E-state index is 12.5. The largest absolute Gasteiger partial charge is 0.313 e. The third-order valence-corrected chi connectivity index (χ3v) is 4.97. The van der Waals surface area contributed by atoms with Gasteiger partial charge in [-0.25, -0.2) is 13.4 Å². The summed E-state index contributed by atoms with van der Waals surface area (Å²) in [6, 6.07) is 3.23. The molecule has 0 aliphatic carbocycles. The van der Waals surface area contributed by atoms with E-state index < -0.39 is 10.0 Å². The summed E-state index contributed by atoms with van der Waals surface area (Å²) in [5.74, 6) is 0. The van der Waals surface area contributed by atoms with E-state index in [0.29, 0.717) is 6.54 Å².